The molecule has 6 nitrogen and oxygen atoms in total. The molecule has 0 aliphatic carbocycles. The molecule has 140 valence electrons. The van der Waals surface area contributed by atoms with E-state index in [1.807, 2.05) is 25.1 Å². The largest absolute Gasteiger partial charge is 0.394 e. The number of benzene rings is 1. The highest BCUT2D eigenvalue weighted by Crippen LogP contribution is 2.33. The maximum Gasteiger partial charge on any atom is 0.227 e. The Bertz CT molecular complexity index is 1080. The average molecular weight is 382 g/mol. The van der Waals surface area contributed by atoms with Crippen LogP contribution >= 0.6 is 11.3 Å². The van der Waals surface area contributed by atoms with Gasteiger partial charge in [-0.3, -0.25) is 0 Å². The van der Waals surface area contributed by atoms with E-state index in [0.29, 0.717) is 12.4 Å². The summed E-state index contributed by atoms with van der Waals surface area (Å²) in [5.41, 5.74) is 3.20. The van der Waals surface area contributed by atoms with Gasteiger partial charge < -0.3 is 10.4 Å². The quantitative estimate of drug-likeness (QED) is 0.532. The van der Waals surface area contributed by atoms with Gasteiger partial charge >= 0.3 is 0 Å². The number of aliphatic hydroxyl groups is 1. The van der Waals surface area contributed by atoms with Crippen molar-refractivity contribution < 1.29 is 5.11 Å². The lowest BCUT2D eigenvalue weighted by Crippen LogP contribution is -2.25. The van der Waals surface area contributed by atoms with Crippen LogP contribution in [-0.4, -0.2) is 37.3 Å². The Balaban J connectivity index is 1.88. The molecule has 0 unspecified atom stereocenters. The van der Waals surface area contributed by atoms with Crippen molar-refractivity contribution in [1.82, 2.24) is 19.6 Å². The zero-order valence-corrected chi connectivity index (χ0v) is 16.5. The van der Waals surface area contributed by atoms with Crippen LogP contribution in [0.15, 0.2) is 30.3 Å². The van der Waals surface area contributed by atoms with Crippen molar-refractivity contribution in [3.63, 3.8) is 0 Å². The maximum atomic E-state index is 9.59. The first-order chi connectivity index (χ1) is 13.1. The van der Waals surface area contributed by atoms with Crippen molar-refractivity contribution in [2.45, 2.75) is 39.7 Å². The van der Waals surface area contributed by atoms with Crippen LogP contribution in [0, 0.1) is 13.8 Å². The molecule has 4 aromatic rings. The SMILES string of the molecule is CC[C@@H](CO)Nc1nc2sc(C)c(C)c2c2nc(Cc3ccccc3)nn12. The predicted molar refractivity (Wildman–Crippen MR) is 110 cm³/mol. The predicted octanol–water partition coefficient (Wildman–Crippen LogP) is 3.73. The summed E-state index contributed by atoms with van der Waals surface area (Å²) in [6.07, 6.45) is 1.47. The minimum Gasteiger partial charge on any atom is -0.394 e. The van der Waals surface area contributed by atoms with E-state index < -0.39 is 0 Å². The Morgan fingerprint density at radius 2 is 1.96 bits per heavy atom. The van der Waals surface area contributed by atoms with Crippen LogP contribution in [0.2, 0.25) is 0 Å². The van der Waals surface area contributed by atoms with E-state index in [4.69, 9.17) is 15.1 Å². The van der Waals surface area contributed by atoms with Crippen LogP contribution in [0.4, 0.5) is 5.95 Å². The van der Waals surface area contributed by atoms with Crippen LogP contribution < -0.4 is 5.32 Å². The fourth-order valence-corrected chi connectivity index (χ4v) is 4.19. The molecule has 1 aromatic carbocycles. The van der Waals surface area contributed by atoms with Gasteiger partial charge in [0, 0.05) is 11.3 Å². The molecule has 27 heavy (non-hydrogen) atoms. The van der Waals surface area contributed by atoms with Gasteiger partial charge in [0.1, 0.15) is 4.83 Å². The van der Waals surface area contributed by atoms with E-state index in [2.05, 4.69) is 31.3 Å². The Labute approximate surface area is 161 Å². The number of fused-ring (bicyclic) bond motifs is 3. The number of rotatable bonds is 6. The van der Waals surface area contributed by atoms with Crippen molar-refractivity contribution in [3.8, 4) is 0 Å². The zero-order chi connectivity index (χ0) is 19.0. The smallest absolute Gasteiger partial charge is 0.227 e. The summed E-state index contributed by atoms with van der Waals surface area (Å²) < 4.78 is 1.79. The molecule has 0 aliphatic heterocycles. The van der Waals surface area contributed by atoms with Crippen LogP contribution in [0.3, 0.4) is 0 Å². The fourth-order valence-electron chi connectivity index (χ4n) is 3.16. The molecule has 0 bridgehead atoms. The van der Waals surface area contributed by atoms with Gasteiger partial charge in [-0.1, -0.05) is 37.3 Å². The van der Waals surface area contributed by atoms with E-state index in [1.54, 1.807) is 15.9 Å². The van der Waals surface area contributed by atoms with Gasteiger partial charge in [-0.15, -0.1) is 16.4 Å². The molecule has 3 aromatic heterocycles. The first kappa shape index (κ1) is 17.9. The second-order valence-electron chi connectivity index (χ2n) is 6.76. The van der Waals surface area contributed by atoms with Crippen molar-refractivity contribution in [2.75, 3.05) is 11.9 Å². The summed E-state index contributed by atoms with van der Waals surface area (Å²) in [7, 11) is 0. The summed E-state index contributed by atoms with van der Waals surface area (Å²) >= 11 is 1.67. The molecular formula is C20H23N5OS. The maximum absolute atomic E-state index is 9.59. The van der Waals surface area contributed by atoms with Crippen LogP contribution in [0.25, 0.3) is 15.9 Å². The number of aryl methyl sites for hydroxylation is 2. The molecular weight excluding hydrogens is 358 g/mol. The summed E-state index contributed by atoms with van der Waals surface area (Å²) in [6, 6.07) is 10.2. The molecule has 0 aliphatic rings. The summed E-state index contributed by atoms with van der Waals surface area (Å²) in [5, 5.41) is 18.7. The number of nitrogens with zero attached hydrogens (tertiary/aromatic N) is 4. The minimum atomic E-state index is -0.0675. The first-order valence-corrected chi connectivity index (χ1v) is 9.99. The molecule has 0 amide bonds. The topological polar surface area (TPSA) is 75.3 Å². The monoisotopic (exact) mass is 381 g/mol. The molecule has 3 heterocycles. The van der Waals surface area contributed by atoms with Gasteiger partial charge in [-0.2, -0.15) is 4.52 Å². The van der Waals surface area contributed by atoms with Gasteiger partial charge in [0.25, 0.3) is 0 Å². The van der Waals surface area contributed by atoms with Crippen LogP contribution in [-0.2, 0) is 6.42 Å². The highest BCUT2D eigenvalue weighted by molar-refractivity contribution is 7.18. The van der Waals surface area contributed by atoms with E-state index >= 15 is 0 Å². The number of aromatic nitrogens is 4. The Kier molecular flexibility index (Phi) is 4.80. The van der Waals surface area contributed by atoms with Gasteiger partial charge in [-0.25, -0.2) is 9.97 Å². The number of hydrogen-bond donors (Lipinski definition) is 2. The standard InChI is InChI=1S/C20H23N5OS/c1-4-15(11-26)21-20-23-19-17(12(2)13(3)27-19)18-22-16(24-25(18)20)10-14-8-6-5-7-9-14/h5-9,15,26H,4,10-11H2,1-3H3,(H,21,23)/t15-/m0/s1. The van der Waals surface area contributed by atoms with Crippen molar-refractivity contribution in [2.24, 2.45) is 0 Å². The van der Waals surface area contributed by atoms with Gasteiger partial charge in [0.05, 0.1) is 18.0 Å². The lowest BCUT2D eigenvalue weighted by atomic mass is 10.1. The lowest BCUT2D eigenvalue weighted by molar-refractivity contribution is 0.271. The normalized spacial score (nSPS) is 12.7. The van der Waals surface area contributed by atoms with Crippen molar-refractivity contribution in [1.29, 1.82) is 0 Å². The molecule has 0 saturated carbocycles. The van der Waals surface area contributed by atoms with E-state index in [-0.39, 0.29) is 12.6 Å². The molecule has 0 spiro atoms. The summed E-state index contributed by atoms with van der Waals surface area (Å²) in [5.74, 6) is 1.39. The average Bonchev–Trinajstić information content (AvgIpc) is 3.21. The second kappa shape index (κ2) is 7.25. The molecule has 2 N–H and O–H groups in total. The van der Waals surface area contributed by atoms with Crippen LogP contribution in [0.1, 0.15) is 35.2 Å². The van der Waals surface area contributed by atoms with E-state index in [0.717, 1.165) is 28.1 Å². The third-order valence-corrected chi connectivity index (χ3v) is 6.00. The molecule has 0 fully saturated rings. The number of nitrogens with one attached hydrogen (secondary N) is 1. The Morgan fingerprint density at radius 1 is 1.19 bits per heavy atom. The molecule has 0 saturated heterocycles. The summed E-state index contributed by atoms with van der Waals surface area (Å²) in [6.45, 7) is 6.29. The van der Waals surface area contributed by atoms with Crippen LogP contribution in [0.5, 0.6) is 0 Å². The molecule has 1 atom stereocenters. The Morgan fingerprint density at radius 3 is 2.67 bits per heavy atom. The first-order valence-electron chi connectivity index (χ1n) is 9.17. The lowest BCUT2D eigenvalue weighted by Gasteiger charge is -2.15. The third-order valence-electron chi connectivity index (χ3n) is 4.90. The minimum absolute atomic E-state index is 0.0474. The molecule has 7 heteroatoms. The second-order valence-corrected chi connectivity index (χ2v) is 7.96. The van der Waals surface area contributed by atoms with Gasteiger partial charge in [-0.05, 0) is 31.4 Å². The van der Waals surface area contributed by atoms with Crippen molar-refractivity contribution in [3.05, 3.63) is 52.2 Å². The number of thiophene rings is 1. The molecule has 0 radical (unpaired) electrons. The zero-order valence-electron chi connectivity index (χ0n) is 15.7. The third kappa shape index (κ3) is 3.28. The number of anilines is 1. The number of hydrogen-bond acceptors (Lipinski definition) is 6. The van der Waals surface area contributed by atoms with Gasteiger partial charge in [0.2, 0.25) is 5.95 Å². The highest BCUT2D eigenvalue weighted by atomic mass is 32.1. The highest BCUT2D eigenvalue weighted by Gasteiger charge is 2.19. The van der Waals surface area contributed by atoms with E-state index in [1.165, 1.54) is 16.0 Å². The van der Waals surface area contributed by atoms with Crippen molar-refractivity contribution >= 4 is 33.1 Å². The Hall–Kier alpha value is -2.51. The van der Waals surface area contributed by atoms with Gasteiger partial charge in [0.15, 0.2) is 11.5 Å². The molecule has 4 rings (SSSR count). The fraction of sp³-hybridized carbons (Fsp3) is 0.350. The van der Waals surface area contributed by atoms with E-state index in [9.17, 15) is 5.11 Å². The number of aliphatic hydroxyl groups excluding tert-OH is 1. The summed E-state index contributed by atoms with van der Waals surface area (Å²) in [4.78, 5) is 11.8.